The first-order valence-electron chi connectivity index (χ1n) is 8.08. The highest BCUT2D eigenvalue weighted by Crippen LogP contribution is 2.54. The Kier molecular flexibility index (Phi) is 4.68. The first-order valence-corrected chi connectivity index (χ1v) is 10.1. The molecule has 1 fully saturated rings. The molecule has 7 heteroatoms. The van der Waals surface area contributed by atoms with Crippen LogP contribution in [-0.2, 0) is 14.3 Å². The van der Waals surface area contributed by atoms with Gasteiger partial charge in [0.15, 0.2) is 6.23 Å². The number of ether oxygens (including phenoxy) is 2. The van der Waals surface area contributed by atoms with E-state index in [1.165, 1.54) is 7.11 Å². The zero-order chi connectivity index (χ0) is 18.4. The van der Waals surface area contributed by atoms with Gasteiger partial charge in [0.1, 0.15) is 5.92 Å². The molecule has 2 aromatic carbocycles. The average molecular weight is 528 g/mol. The minimum atomic E-state index is -0.702. The largest absolute Gasteiger partial charge is 0.453 e. The van der Waals surface area contributed by atoms with E-state index in [0.717, 1.165) is 21.2 Å². The highest BCUT2D eigenvalue weighted by molar-refractivity contribution is 14.1. The number of methoxy groups -OCH3 is 1. The Hall–Kier alpha value is -1.61. The third kappa shape index (κ3) is 2.63. The maximum atomic E-state index is 12.9. The molecule has 134 valence electrons. The van der Waals surface area contributed by atoms with Crippen LogP contribution in [0.2, 0.25) is 0 Å². The normalized spacial score (nSPS) is 26.7. The van der Waals surface area contributed by atoms with E-state index in [9.17, 15) is 9.59 Å². The van der Waals surface area contributed by atoms with E-state index in [1.807, 2.05) is 48.5 Å². The Morgan fingerprint density at radius 3 is 2.62 bits per heavy atom. The van der Waals surface area contributed by atoms with Gasteiger partial charge < -0.3 is 9.47 Å². The lowest BCUT2D eigenvalue weighted by molar-refractivity contribution is -0.178. The van der Waals surface area contributed by atoms with Crippen LogP contribution in [0.15, 0.2) is 53.0 Å². The first-order chi connectivity index (χ1) is 12.5. The zero-order valence-corrected chi connectivity index (χ0v) is 17.5. The molecule has 2 aliphatic rings. The predicted octanol–water partition coefficient (Wildman–Crippen LogP) is 4.72. The van der Waals surface area contributed by atoms with Gasteiger partial charge in [-0.1, -0.05) is 81.0 Å². The maximum absolute atomic E-state index is 12.9. The molecule has 4 atom stereocenters. The molecule has 0 saturated carbocycles. The van der Waals surface area contributed by atoms with Gasteiger partial charge in [-0.15, -0.1) is 0 Å². The summed E-state index contributed by atoms with van der Waals surface area (Å²) < 4.78 is 11.5. The Labute approximate surface area is 172 Å². The fraction of sp³-hybridized carbons (Fsp3) is 0.263. The molecule has 2 aromatic rings. The Morgan fingerprint density at radius 1 is 1.19 bits per heavy atom. The topological polar surface area (TPSA) is 55.8 Å². The number of amides is 1. The van der Waals surface area contributed by atoms with Crippen molar-refractivity contribution >= 4 is 50.6 Å². The van der Waals surface area contributed by atoms with E-state index in [0.29, 0.717) is 0 Å². The van der Waals surface area contributed by atoms with Crippen molar-refractivity contribution in [1.29, 1.82) is 0 Å². The number of alkyl halides is 1. The van der Waals surface area contributed by atoms with Crippen LogP contribution in [0.4, 0.5) is 4.79 Å². The van der Waals surface area contributed by atoms with Gasteiger partial charge in [0.2, 0.25) is 0 Å². The van der Waals surface area contributed by atoms with Crippen LogP contribution in [-0.4, -0.2) is 30.3 Å². The summed E-state index contributed by atoms with van der Waals surface area (Å²) in [6.45, 7) is 0. The lowest BCUT2D eigenvalue weighted by atomic mass is 9.79. The second kappa shape index (κ2) is 6.84. The molecule has 1 saturated heterocycles. The summed E-state index contributed by atoms with van der Waals surface area (Å²) >= 11 is 5.84. The average Bonchev–Trinajstić information content (AvgIpc) is 2.65. The molecule has 0 aromatic heterocycles. The molecule has 5 nitrogen and oxygen atoms in total. The van der Waals surface area contributed by atoms with Gasteiger partial charge in [-0.2, -0.15) is 0 Å². The van der Waals surface area contributed by atoms with Crippen LogP contribution in [0.5, 0.6) is 0 Å². The lowest BCUT2D eigenvalue weighted by Crippen LogP contribution is -2.57. The summed E-state index contributed by atoms with van der Waals surface area (Å²) in [7, 11) is 1.34. The quantitative estimate of drug-likeness (QED) is 0.306. The summed E-state index contributed by atoms with van der Waals surface area (Å²) in [5.41, 5.74) is 2.80. The lowest BCUT2D eigenvalue weighted by Gasteiger charge is -2.50. The molecule has 0 radical (unpaired) electrons. The van der Waals surface area contributed by atoms with Gasteiger partial charge in [-0.05, 0) is 22.8 Å². The van der Waals surface area contributed by atoms with Crippen LogP contribution < -0.4 is 0 Å². The minimum absolute atomic E-state index is 0.200. The van der Waals surface area contributed by atoms with Gasteiger partial charge in [0.05, 0.1) is 17.1 Å². The van der Waals surface area contributed by atoms with Crippen molar-refractivity contribution in [1.82, 2.24) is 4.90 Å². The second-order valence-corrected chi connectivity index (χ2v) is 8.38. The number of carbonyl (C=O) groups excluding carboxylic acids is 2. The summed E-state index contributed by atoms with van der Waals surface area (Å²) in [5, 5.41) is 0. The fourth-order valence-corrected chi connectivity index (χ4v) is 6.02. The van der Waals surface area contributed by atoms with E-state index < -0.39 is 24.3 Å². The molecule has 2 heterocycles. The summed E-state index contributed by atoms with van der Waals surface area (Å²) in [6, 6.07) is 14.8. The van der Waals surface area contributed by atoms with E-state index in [4.69, 9.17) is 9.47 Å². The number of carbonyl (C=O) groups is 2. The fourth-order valence-electron chi connectivity index (χ4n) is 3.77. The summed E-state index contributed by atoms with van der Waals surface area (Å²) in [6.07, 6.45) is -1.20. The van der Waals surface area contributed by atoms with Gasteiger partial charge >= 0.3 is 12.1 Å². The van der Waals surface area contributed by atoms with E-state index in [-0.39, 0.29) is 9.89 Å². The SMILES string of the molecule is COC(=O)N1[C@@H]2OC(=O)[C@H](c3ccccc3)[C@H]1c1cccc(Br)c1[C@@H]2I. The molecule has 1 amide bonds. The van der Waals surface area contributed by atoms with Crippen molar-refractivity contribution in [3.05, 3.63) is 69.7 Å². The molecule has 0 spiro atoms. The molecule has 2 bridgehead atoms. The summed E-state index contributed by atoms with van der Waals surface area (Å²) in [4.78, 5) is 27.1. The standard InChI is InChI=1S/C19H15BrINO4/c1-25-19(24)22-16-11-8-5-9-12(20)14(11)15(21)17(22)26-18(23)13(16)10-6-3-2-4-7-10/h2-9,13,15-17H,1H3/t13-,15+,16-,17-/m1/s1. The first kappa shape index (κ1) is 17.8. The highest BCUT2D eigenvalue weighted by atomic mass is 127. The van der Waals surface area contributed by atoms with Crippen molar-refractivity contribution in [3.63, 3.8) is 0 Å². The Balaban J connectivity index is 1.96. The van der Waals surface area contributed by atoms with Crippen LogP contribution in [0.3, 0.4) is 0 Å². The molecule has 4 rings (SSSR count). The van der Waals surface area contributed by atoms with Crippen LogP contribution in [0.25, 0.3) is 0 Å². The third-order valence-electron chi connectivity index (χ3n) is 4.86. The molecular formula is C19H15BrINO4. The highest BCUT2D eigenvalue weighted by Gasteiger charge is 2.55. The van der Waals surface area contributed by atoms with Gasteiger partial charge in [0, 0.05) is 4.47 Å². The molecule has 0 N–H and O–H groups in total. The van der Waals surface area contributed by atoms with E-state index in [1.54, 1.807) is 4.90 Å². The van der Waals surface area contributed by atoms with Crippen molar-refractivity contribution in [2.24, 2.45) is 0 Å². The number of halogens is 2. The number of benzene rings is 2. The Morgan fingerprint density at radius 2 is 1.92 bits per heavy atom. The maximum Gasteiger partial charge on any atom is 0.412 e. The van der Waals surface area contributed by atoms with Crippen LogP contribution >= 0.6 is 38.5 Å². The predicted molar refractivity (Wildman–Crippen MR) is 107 cm³/mol. The van der Waals surface area contributed by atoms with Crippen molar-refractivity contribution in [3.8, 4) is 0 Å². The zero-order valence-electron chi connectivity index (χ0n) is 13.8. The third-order valence-corrected chi connectivity index (χ3v) is 6.79. The number of esters is 1. The molecule has 0 unspecified atom stereocenters. The second-order valence-electron chi connectivity index (χ2n) is 6.18. The number of nitrogens with zero attached hydrogens (tertiary/aromatic N) is 1. The number of hydrogen-bond acceptors (Lipinski definition) is 4. The molecular weight excluding hydrogens is 513 g/mol. The van der Waals surface area contributed by atoms with Gasteiger partial charge in [-0.3, -0.25) is 9.69 Å². The van der Waals surface area contributed by atoms with Gasteiger partial charge in [0.25, 0.3) is 0 Å². The van der Waals surface area contributed by atoms with Crippen molar-refractivity contribution in [2.75, 3.05) is 7.11 Å². The molecule has 2 aliphatic heterocycles. The Bertz CT molecular complexity index is 875. The monoisotopic (exact) mass is 527 g/mol. The number of fused-ring (bicyclic) bond motifs is 4. The van der Waals surface area contributed by atoms with Crippen LogP contribution in [0.1, 0.15) is 32.6 Å². The van der Waals surface area contributed by atoms with Gasteiger partial charge in [-0.25, -0.2) is 4.79 Å². The van der Waals surface area contributed by atoms with E-state index in [2.05, 4.69) is 38.5 Å². The molecule has 26 heavy (non-hydrogen) atoms. The number of hydrogen-bond donors (Lipinski definition) is 0. The smallest absolute Gasteiger partial charge is 0.412 e. The van der Waals surface area contributed by atoms with E-state index >= 15 is 0 Å². The van der Waals surface area contributed by atoms with Crippen molar-refractivity contribution < 1.29 is 19.1 Å². The minimum Gasteiger partial charge on any atom is -0.453 e. The molecule has 0 aliphatic carbocycles. The summed E-state index contributed by atoms with van der Waals surface area (Å²) in [5.74, 6) is -0.929. The van der Waals surface area contributed by atoms with Crippen LogP contribution in [0, 0.1) is 0 Å². The number of rotatable bonds is 1. The van der Waals surface area contributed by atoms with Crippen molar-refractivity contribution in [2.45, 2.75) is 22.1 Å².